The van der Waals surface area contributed by atoms with E-state index in [1.165, 1.54) is 12.1 Å². The molecule has 0 saturated heterocycles. The Labute approximate surface area is 173 Å². The molecule has 3 aromatic rings. The molecular weight excluding hydrogens is 422 g/mol. The summed E-state index contributed by atoms with van der Waals surface area (Å²) in [6.07, 6.45) is 1.18. The highest BCUT2D eigenvalue weighted by atomic mass is 35.5. The number of rotatable bonds is 5. The van der Waals surface area contributed by atoms with Crippen molar-refractivity contribution in [3.63, 3.8) is 0 Å². The molecule has 3 rings (SSSR count). The summed E-state index contributed by atoms with van der Waals surface area (Å²) in [5, 5.41) is 0.869. The van der Waals surface area contributed by atoms with Crippen LogP contribution in [0.3, 0.4) is 0 Å². The standard InChI is InChI=1S/C20H17Cl2FN2O2S/c21-17-8-5-14(10-18(17)22)20-13(9-15(24)11-19(20)25)4-1-12-2-6-16(7-3-12)28(23,26)27/h2-3,5-11H,1,4,24-25H2. The van der Waals surface area contributed by atoms with Gasteiger partial charge in [0.05, 0.1) is 14.9 Å². The molecular formula is C20H17Cl2FN2O2S. The Morgan fingerprint density at radius 1 is 0.857 bits per heavy atom. The van der Waals surface area contributed by atoms with E-state index in [1.54, 1.807) is 30.3 Å². The first-order valence-electron chi connectivity index (χ1n) is 8.32. The Morgan fingerprint density at radius 3 is 2.14 bits per heavy atom. The first-order valence-corrected chi connectivity index (χ1v) is 10.5. The number of halogens is 3. The van der Waals surface area contributed by atoms with Gasteiger partial charge in [-0.1, -0.05) is 41.4 Å². The highest BCUT2D eigenvalue weighted by Crippen LogP contribution is 2.36. The largest absolute Gasteiger partial charge is 0.399 e. The van der Waals surface area contributed by atoms with Gasteiger partial charge in [0.1, 0.15) is 0 Å². The topological polar surface area (TPSA) is 86.2 Å². The van der Waals surface area contributed by atoms with E-state index < -0.39 is 10.2 Å². The van der Waals surface area contributed by atoms with Crippen LogP contribution < -0.4 is 11.5 Å². The van der Waals surface area contributed by atoms with Crippen molar-refractivity contribution in [1.82, 2.24) is 0 Å². The van der Waals surface area contributed by atoms with E-state index in [1.807, 2.05) is 12.1 Å². The second-order valence-electron chi connectivity index (χ2n) is 6.35. The minimum atomic E-state index is -4.70. The zero-order valence-corrected chi connectivity index (χ0v) is 17.0. The minimum absolute atomic E-state index is 0.360. The van der Waals surface area contributed by atoms with Gasteiger partial charge < -0.3 is 11.5 Å². The Bertz CT molecular complexity index is 1130. The highest BCUT2D eigenvalue weighted by molar-refractivity contribution is 7.86. The Balaban J connectivity index is 1.92. The van der Waals surface area contributed by atoms with Gasteiger partial charge >= 0.3 is 10.2 Å². The fraction of sp³-hybridized carbons (Fsp3) is 0.100. The molecule has 146 valence electrons. The van der Waals surface area contributed by atoms with E-state index in [0.717, 1.165) is 22.3 Å². The molecule has 0 spiro atoms. The zero-order valence-electron chi connectivity index (χ0n) is 14.6. The monoisotopic (exact) mass is 438 g/mol. The van der Waals surface area contributed by atoms with Crippen LogP contribution in [0.4, 0.5) is 15.3 Å². The first-order chi connectivity index (χ1) is 13.1. The molecule has 0 bridgehead atoms. The predicted molar refractivity (Wildman–Crippen MR) is 113 cm³/mol. The maximum absolute atomic E-state index is 13.0. The van der Waals surface area contributed by atoms with Crippen molar-refractivity contribution in [3.8, 4) is 11.1 Å². The molecule has 4 nitrogen and oxygen atoms in total. The SMILES string of the molecule is Nc1cc(N)c(-c2ccc(Cl)c(Cl)c2)c(CCc2ccc(S(=O)(=O)F)cc2)c1. The van der Waals surface area contributed by atoms with Gasteiger partial charge in [-0.3, -0.25) is 0 Å². The minimum Gasteiger partial charge on any atom is -0.399 e. The highest BCUT2D eigenvalue weighted by Gasteiger charge is 2.14. The molecule has 8 heteroatoms. The van der Waals surface area contributed by atoms with Gasteiger partial charge in [-0.15, -0.1) is 3.89 Å². The lowest BCUT2D eigenvalue weighted by Crippen LogP contribution is -2.01. The molecule has 28 heavy (non-hydrogen) atoms. The third-order valence-corrected chi connectivity index (χ3v) is 5.94. The van der Waals surface area contributed by atoms with Crippen molar-refractivity contribution in [1.29, 1.82) is 0 Å². The van der Waals surface area contributed by atoms with Crippen LogP contribution >= 0.6 is 23.2 Å². The number of hydrogen-bond donors (Lipinski definition) is 2. The summed E-state index contributed by atoms with van der Waals surface area (Å²) in [4.78, 5) is -0.360. The van der Waals surface area contributed by atoms with Crippen molar-refractivity contribution >= 4 is 44.8 Å². The van der Waals surface area contributed by atoms with Crippen LogP contribution in [0.1, 0.15) is 11.1 Å². The molecule has 0 fully saturated rings. The molecule has 0 amide bonds. The van der Waals surface area contributed by atoms with Gasteiger partial charge in [0.15, 0.2) is 0 Å². The van der Waals surface area contributed by atoms with E-state index in [9.17, 15) is 12.3 Å². The number of hydrogen-bond acceptors (Lipinski definition) is 4. The summed E-state index contributed by atoms with van der Waals surface area (Å²) < 4.78 is 34.9. The summed E-state index contributed by atoms with van der Waals surface area (Å²) in [6.45, 7) is 0. The molecule has 0 unspecified atom stereocenters. The molecule has 0 aliphatic heterocycles. The van der Waals surface area contributed by atoms with Crippen LogP contribution in [0, 0.1) is 0 Å². The normalized spacial score (nSPS) is 11.5. The lowest BCUT2D eigenvalue weighted by atomic mass is 9.93. The Kier molecular flexibility index (Phi) is 5.84. The fourth-order valence-corrected chi connectivity index (χ4v) is 3.81. The van der Waals surface area contributed by atoms with E-state index in [4.69, 9.17) is 34.7 Å². The van der Waals surface area contributed by atoms with E-state index in [-0.39, 0.29) is 4.90 Å². The lowest BCUT2D eigenvalue weighted by molar-refractivity contribution is 0.552. The fourth-order valence-electron chi connectivity index (χ4n) is 3.05. The summed E-state index contributed by atoms with van der Waals surface area (Å²) >= 11 is 12.2. The maximum atomic E-state index is 13.0. The quantitative estimate of drug-likeness (QED) is 0.419. The number of anilines is 2. The van der Waals surface area contributed by atoms with Gasteiger partial charge in [0.2, 0.25) is 0 Å². The van der Waals surface area contributed by atoms with Crippen LogP contribution in [0.2, 0.25) is 10.0 Å². The third-order valence-electron chi connectivity index (χ3n) is 4.37. The van der Waals surface area contributed by atoms with E-state index in [2.05, 4.69) is 0 Å². The Hall–Kier alpha value is -2.28. The molecule has 0 saturated carbocycles. The lowest BCUT2D eigenvalue weighted by Gasteiger charge is -2.15. The molecule has 3 aromatic carbocycles. The average Bonchev–Trinajstić information content (AvgIpc) is 2.62. The van der Waals surface area contributed by atoms with Crippen LogP contribution in [0.5, 0.6) is 0 Å². The summed E-state index contributed by atoms with van der Waals surface area (Å²) in [7, 11) is -4.70. The van der Waals surface area contributed by atoms with Gasteiger partial charge in [0.25, 0.3) is 0 Å². The third kappa shape index (κ3) is 4.58. The van der Waals surface area contributed by atoms with Crippen molar-refractivity contribution in [2.45, 2.75) is 17.7 Å². The molecule has 0 aromatic heterocycles. The smallest absolute Gasteiger partial charge is 0.332 e. The molecule has 0 atom stereocenters. The van der Waals surface area contributed by atoms with Crippen molar-refractivity contribution in [2.24, 2.45) is 0 Å². The molecule has 0 aliphatic carbocycles. The Morgan fingerprint density at radius 2 is 1.54 bits per heavy atom. The molecule has 4 N–H and O–H groups in total. The summed E-state index contributed by atoms with van der Waals surface area (Å²) in [5.74, 6) is 0. The zero-order chi connectivity index (χ0) is 20.5. The molecule has 0 radical (unpaired) electrons. The van der Waals surface area contributed by atoms with Crippen LogP contribution in [0.15, 0.2) is 59.5 Å². The van der Waals surface area contributed by atoms with Crippen molar-refractivity contribution in [2.75, 3.05) is 11.5 Å². The maximum Gasteiger partial charge on any atom is 0.332 e. The second kappa shape index (κ2) is 7.99. The summed E-state index contributed by atoms with van der Waals surface area (Å²) in [6, 6.07) is 14.5. The van der Waals surface area contributed by atoms with Gasteiger partial charge in [-0.05, 0) is 65.9 Å². The van der Waals surface area contributed by atoms with Crippen molar-refractivity contribution in [3.05, 3.63) is 75.8 Å². The average molecular weight is 439 g/mol. The van der Waals surface area contributed by atoms with E-state index in [0.29, 0.717) is 34.3 Å². The molecule has 0 aliphatic rings. The van der Waals surface area contributed by atoms with Crippen LogP contribution in [-0.4, -0.2) is 8.42 Å². The van der Waals surface area contributed by atoms with Crippen LogP contribution in [0.25, 0.3) is 11.1 Å². The number of nitrogens with two attached hydrogens (primary N) is 2. The van der Waals surface area contributed by atoms with Gasteiger partial charge in [-0.25, -0.2) is 0 Å². The van der Waals surface area contributed by atoms with Gasteiger partial charge in [-0.2, -0.15) is 8.42 Å². The first kappa shape index (κ1) is 20.5. The number of aryl methyl sites for hydroxylation is 2. The van der Waals surface area contributed by atoms with Crippen molar-refractivity contribution < 1.29 is 12.3 Å². The van der Waals surface area contributed by atoms with Gasteiger partial charge in [0, 0.05) is 16.9 Å². The predicted octanol–water partition coefficient (Wildman–Crippen LogP) is 5.27. The number of nitrogen functional groups attached to an aromatic ring is 2. The molecule has 0 heterocycles. The van der Waals surface area contributed by atoms with E-state index >= 15 is 0 Å². The number of benzene rings is 3. The second-order valence-corrected chi connectivity index (χ2v) is 8.52. The van der Waals surface area contributed by atoms with Crippen LogP contribution in [-0.2, 0) is 23.1 Å². The summed E-state index contributed by atoms with van der Waals surface area (Å²) in [5.41, 5.74) is 16.6.